The SMILES string of the molecule is C=C(/C=C(/C(=O)Nc1cc(C(OCC2CC2)C2=CC=CC(C)CC2)ccc1F)N(C)c1cccc(CN)c1)C(F)(F)F. The molecule has 0 saturated heterocycles. The number of rotatable bonds is 11. The van der Waals surface area contributed by atoms with Crippen molar-refractivity contribution in [2.75, 3.05) is 23.9 Å². The van der Waals surface area contributed by atoms with E-state index in [-0.39, 0.29) is 17.9 Å². The summed E-state index contributed by atoms with van der Waals surface area (Å²) in [7, 11) is 1.45. The predicted molar refractivity (Wildman–Crippen MR) is 158 cm³/mol. The molecule has 5 nitrogen and oxygen atoms in total. The predicted octanol–water partition coefficient (Wildman–Crippen LogP) is 7.74. The first kappa shape index (κ1) is 31.3. The van der Waals surface area contributed by atoms with E-state index in [0.717, 1.165) is 36.8 Å². The van der Waals surface area contributed by atoms with Crippen LogP contribution in [-0.4, -0.2) is 25.7 Å². The number of alkyl halides is 3. The van der Waals surface area contributed by atoms with Crippen LogP contribution in [0.1, 0.15) is 49.8 Å². The zero-order valence-electron chi connectivity index (χ0n) is 23.9. The molecule has 0 aromatic heterocycles. The van der Waals surface area contributed by atoms with Crippen LogP contribution in [0.3, 0.4) is 0 Å². The van der Waals surface area contributed by atoms with Crippen molar-refractivity contribution in [3.8, 4) is 0 Å². The van der Waals surface area contributed by atoms with Crippen molar-refractivity contribution in [2.45, 2.75) is 51.4 Å². The molecule has 0 bridgehead atoms. The number of ether oxygens (including phenoxy) is 1. The highest BCUT2D eigenvalue weighted by atomic mass is 19.4. The fraction of sp³-hybridized carbons (Fsp3) is 0.364. The van der Waals surface area contributed by atoms with Crippen LogP contribution in [0.4, 0.5) is 28.9 Å². The zero-order chi connectivity index (χ0) is 30.4. The van der Waals surface area contributed by atoms with Crippen LogP contribution in [0.2, 0.25) is 0 Å². The van der Waals surface area contributed by atoms with Gasteiger partial charge in [0, 0.05) is 19.3 Å². The maximum absolute atomic E-state index is 15.1. The highest BCUT2D eigenvalue weighted by Crippen LogP contribution is 2.37. The molecule has 4 rings (SSSR count). The minimum Gasteiger partial charge on any atom is -0.369 e. The molecule has 2 atom stereocenters. The molecule has 2 aromatic rings. The van der Waals surface area contributed by atoms with Crippen LogP contribution in [0.15, 0.2) is 90.2 Å². The van der Waals surface area contributed by atoms with Gasteiger partial charge in [-0.2, -0.15) is 13.2 Å². The smallest absolute Gasteiger partial charge is 0.369 e. The lowest BCUT2D eigenvalue weighted by atomic mass is 9.95. The van der Waals surface area contributed by atoms with E-state index >= 15 is 4.39 Å². The Balaban J connectivity index is 1.66. The van der Waals surface area contributed by atoms with Crippen LogP contribution in [0.25, 0.3) is 0 Å². The first-order valence-corrected chi connectivity index (χ1v) is 14.1. The van der Waals surface area contributed by atoms with Crippen LogP contribution in [0, 0.1) is 17.7 Å². The van der Waals surface area contributed by atoms with E-state index in [1.165, 1.54) is 24.1 Å². The van der Waals surface area contributed by atoms with Gasteiger partial charge >= 0.3 is 6.18 Å². The molecule has 1 saturated carbocycles. The van der Waals surface area contributed by atoms with Crippen molar-refractivity contribution in [2.24, 2.45) is 17.6 Å². The molecule has 0 radical (unpaired) electrons. The molecule has 2 unspecified atom stereocenters. The monoisotopic (exact) mass is 583 g/mol. The third-order valence-corrected chi connectivity index (χ3v) is 7.51. The summed E-state index contributed by atoms with van der Waals surface area (Å²) in [4.78, 5) is 14.8. The van der Waals surface area contributed by atoms with Gasteiger partial charge in [-0.05, 0) is 84.6 Å². The Kier molecular flexibility index (Phi) is 10.1. The Labute approximate surface area is 244 Å². The maximum Gasteiger partial charge on any atom is 0.415 e. The number of carbonyl (C=O) groups excluding carboxylic acids is 1. The van der Waals surface area contributed by atoms with Crippen molar-refractivity contribution in [1.82, 2.24) is 0 Å². The summed E-state index contributed by atoms with van der Waals surface area (Å²) in [6, 6.07) is 11.1. The number of hydrogen-bond acceptors (Lipinski definition) is 4. The van der Waals surface area contributed by atoms with Gasteiger partial charge in [-0.3, -0.25) is 4.79 Å². The van der Waals surface area contributed by atoms with Gasteiger partial charge in [-0.15, -0.1) is 0 Å². The van der Waals surface area contributed by atoms with Crippen molar-refractivity contribution >= 4 is 17.3 Å². The largest absolute Gasteiger partial charge is 0.415 e. The molecule has 1 amide bonds. The van der Waals surface area contributed by atoms with Gasteiger partial charge in [-0.1, -0.05) is 49.9 Å². The van der Waals surface area contributed by atoms with Gasteiger partial charge < -0.3 is 20.7 Å². The molecule has 42 heavy (non-hydrogen) atoms. The molecule has 3 N–H and O–H groups in total. The lowest BCUT2D eigenvalue weighted by Gasteiger charge is -2.25. The summed E-state index contributed by atoms with van der Waals surface area (Å²) in [5.41, 5.74) is 6.81. The molecule has 2 aliphatic rings. The van der Waals surface area contributed by atoms with E-state index < -0.39 is 29.6 Å². The molecule has 1 fully saturated rings. The Bertz CT molecular complexity index is 1390. The van der Waals surface area contributed by atoms with Gasteiger partial charge in [0.2, 0.25) is 0 Å². The Morgan fingerprint density at radius 3 is 2.67 bits per heavy atom. The van der Waals surface area contributed by atoms with E-state index in [2.05, 4.69) is 24.9 Å². The lowest BCUT2D eigenvalue weighted by Crippen LogP contribution is -2.29. The Hall–Kier alpha value is -3.69. The Morgan fingerprint density at radius 1 is 1.21 bits per heavy atom. The van der Waals surface area contributed by atoms with Crippen LogP contribution in [-0.2, 0) is 16.1 Å². The lowest BCUT2D eigenvalue weighted by molar-refractivity contribution is -0.113. The van der Waals surface area contributed by atoms with E-state index in [0.29, 0.717) is 35.8 Å². The topological polar surface area (TPSA) is 67.6 Å². The summed E-state index contributed by atoms with van der Waals surface area (Å²) in [6.45, 7) is 6.01. The number of halogens is 4. The Morgan fingerprint density at radius 2 is 1.98 bits per heavy atom. The molecular formula is C33H37F4N3O2. The van der Waals surface area contributed by atoms with Crippen LogP contribution in [0.5, 0.6) is 0 Å². The standard InChI is InChI=1S/C33H37F4N3O2/c1-21-6-4-8-25(13-10-21)31(42-20-23-11-12-23)26-14-15-28(34)29(18-26)39-32(41)30(16-22(2)33(35,36)37)40(3)27-9-5-7-24(17-27)19-38/h4-9,14-18,21,23,31H,2,10-13,19-20,38H2,1,3H3,(H,39,41)/b30-16-. The fourth-order valence-corrected chi connectivity index (χ4v) is 4.68. The number of nitrogens with two attached hydrogens (primary N) is 1. The third-order valence-electron chi connectivity index (χ3n) is 7.51. The molecular weight excluding hydrogens is 546 g/mol. The van der Waals surface area contributed by atoms with Gasteiger partial charge in [0.05, 0.1) is 17.9 Å². The number of carbonyl (C=O) groups is 1. The maximum atomic E-state index is 15.1. The summed E-state index contributed by atoms with van der Waals surface area (Å²) in [5.74, 6) is -0.753. The number of allylic oxidation sites excluding steroid dienone is 5. The van der Waals surface area contributed by atoms with Crippen molar-refractivity contribution < 1.29 is 27.1 Å². The summed E-state index contributed by atoms with van der Waals surface area (Å²) in [6.07, 6.45) is 5.54. The average Bonchev–Trinajstić information content (AvgIpc) is 3.81. The fourth-order valence-electron chi connectivity index (χ4n) is 4.68. The number of nitrogens with zero attached hydrogens (tertiary/aromatic N) is 1. The van der Waals surface area contributed by atoms with Gasteiger partial charge in [-0.25, -0.2) is 4.39 Å². The summed E-state index contributed by atoms with van der Waals surface area (Å²) >= 11 is 0. The van der Waals surface area contributed by atoms with E-state index in [9.17, 15) is 18.0 Å². The second kappa shape index (κ2) is 13.5. The second-order valence-corrected chi connectivity index (χ2v) is 11.0. The van der Waals surface area contributed by atoms with Gasteiger partial charge in [0.25, 0.3) is 5.91 Å². The summed E-state index contributed by atoms with van der Waals surface area (Å²) < 4.78 is 61.8. The molecule has 0 aliphatic heterocycles. The van der Waals surface area contributed by atoms with Crippen LogP contribution < -0.4 is 16.0 Å². The van der Waals surface area contributed by atoms with Crippen molar-refractivity contribution in [1.29, 1.82) is 0 Å². The number of benzene rings is 2. The van der Waals surface area contributed by atoms with Crippen molar-refractivity contribution in [3.63, 3.8) is 0 Å². The second-order valence-electron chi connectivity index (χ2n) is 11.0. The number of anilines is 2. The minimum absolute atomic E-state index is 0.164. The molecule has 0 heterocycles. The quantitative estimate of drug-likeness (QED) is 0.161. The number of nitrogens with one attached hydrogen (secondary N) is 1. The first-order valence-electron chi connectivity index (χ1n) is 14.1. The third kappa shape index (κ3) is 8.20. The van der Waals surface area contributed by atoms with Crippen LogP contribution >= 0.6 is 0 Å². The molecule has 2 aromatic carbocycles. The van der Waals surface area contributed by atoms with E-state index in [4.69, 9.17) is 10.5 Å². The normalized spacial score (nSPS) is 18.2. The molecule has 0 spiro atoms. The number of amides is 1. The van der Waals surface area contributed by atoms with Gasteiger partial charge in [0.1, 0.15) is 17.6 Å². The molecule has 224 valence electrons. The summed E-state index contributed by atoms with van der Waals surface area (Å²) in [5, 5.41) is 2.50. The molecule has 9 heteroatoms. The number of likely N-dealkylation sites (N-methyl/N-ethyl adjacent to an activating group) is 1. The highest BCUT2D eigenvalue weighted by molar-refractivity contribution is 6.06. The average molecular weight is 584 g/mol. The van der Waals surface area contributed by atoms with E-state index in [1.54, 1.807) is 30.3 Å². The van der Waals surface area contributed by atoms with E-state index in [1.807, 2.05) is 12.2 Å². The first-order chi connectivity index (χ1) is 20.0. The highest BCUT2D eigenvalue weighted by Gasteiger charge is 2.32. The molecule has 2 aliphatic carbocycles. The van der Waals surface area contributed by atoms with Crippen molar-refractivity contribution in [3.05, 3.63) is 107 Å². The zero-order valence-corrected chi connectivity index (χ0v) is 23.9. The number of hydrogen-bond donors (Lipinski definition) is 2. The van der Waals surface area contributed by atoms with Gasteiger partial charge in [0.15, 0.2) is 0 Å². The minimum atomic E-state index is -4.76.